The van der Waals surface area contributed by atoms with Crippen LogP contribution in [0.3, 0.4) is 0 Å². The van der Waals surface area contributed by atoms with E-state index >= 15 is 0 Å². The summed E-state index contributed by atoms with van der Waals surface area (Å²) in [6.07, 6.45) is 8.83. The summed E-state index contributed by atoms with van der Waals surface area (Å²) >= 11 is 0. The maximum Gasteiger partial charge on any atom is 0.0697 e. The van der Waals surface area contributed by atoms with Gasteiger partial charge in [-0.25, -0.2) is 0 Å². The number of rotatable bonds is 2. The highest BCUT2D eigenvalue weighted by atomic mass is 16.5. The largest absolute Gasteiger partial charge is 0.380 e. The van der Waals surface area contributed by atoms with E-state index in [0.29, 0.717) is 12.1 Å². The van der Waals surface area contributed by atoms with Gasteiger partial charge in [0.15, 0.2) is 0 Å². The third kappa shape index (κ3) is 2.27. The standard InChI is InChI=1S/C13H23NO2/c1-3-12(10-15-7-1)14-11-4-8-16-13(9-11)5-2-6-13/h11-12,14H,1-10H2. The highest BCUT2D eigenvalue weighted by Crippen LogP contribution is 2.42. The molecule has 0 bridgehead atoms. The zero-order chi connectivity index (χ0) is 10.8. The van der Waals surface area contributed by atoms with E-state index in [9.17, 15) is 0 Å². The molecule has 1 spiro atoms. The quantitative estimate of drug-likeness (QED) is 0.778. The molecule has 3 heteroatoms. The zero-order valence-corrected chi connectivity index (χ0v) is 10.0. The minimum Gasteiger partial charge on any atom is -0.380 e. The molecule has 3 nitrogen and oxygen atoms in total. The first kappa shape index (κ1) is 11.0. The molecule has 92 valence electrons. The number of ether oxygens (including phenoxy) is 2. The van der Waals surface area contributed by atoms with Crippen LogP contribution in [0, 0.1) is 0 Å². The molecule has 1 aliphatic carbocycles. The highest BCUT2D eigenvalue weighted by Gasteiger charge is 2.42. The molecular formula is C13H23NO2. The van der Waals surface area contributed by atoms with Crippen molar-refractivity contribution in [2.45, 2.75) is 62.6 Å². The fourth-order valence-electron chi connectivity index (χ4n) is 3.30. The molecule has 1 N–H and O–H groups in total. The first-order chi connectivity index (χ1) is 7.86. The Hall–Kier alpha value is -0.120. The summed E-state index contributed by atoms with van der Waals surface area (Å²) in [5.41, 5.74) is 0.269. The van der Waals surface area contributed by atoms with Gasteiger partial charge in [0.1, 0.15) is 0 Å². The number of nitrogens with one attached hydrogen (secondary N) is 1. The maximum absolute atomic E-state index is 5.95. The number of hydrogen-bond acceptors (Lipinski definition) is 3. The molecule has 0 aromatic heterocycles. The number of hydrogen-bond donors (Lipinski definition) is 1. The van der Waals surface area contributed by atoms with Gasteiger partial charge in [-0.15, -0.1) is 0 Å². The fourth-order valence-corrected chi connectivity index (χ4v) is 3.30. The van der Waals surface area contributed by atoms with Gasteiger partial charge in [0.05, 0.1) is 12.2 Å². The lowest BCUT2D eigenvalue weighted by Crippen LogP contribution is -2.53. The molecule has 0 aromatic carbocycles. The normalized spacial score (nSPS) is 38.2. The van der Waals surface area contributed by atoms with Crippen LogP contribution in [0.5, 0.6) is 0 Å². The van der Waals surface area contributed by atoms with E-state index < -0.39 is 0 Å². The lowest BCUT2D eigenvalue weighted by atomic mass is 9.74. The highest BCUT2D eigenvalue weighted by molar-refractivity contribution is 4.96. The third-order valence-corrected chi connectivity index (χ3v) is 4.39. The summed E-state index contributed by atoms with van der Waals surface area (Å²) in [6, 6.07) is 1.26. The van der Waals surface area contributed by atoms with Crippen LogP contribution in [0.2, 0.25) is 0 Å². The molecular weight excluding hydrogens is 202 g/mol. The Morgan fingerprint density at radius 2 is 1.94 bits per heavy atom. The van der Waals surface area contributed by atoms with E-state index in [-0.39, 0.29) is 5.60 Å². The molecule has 1 saturated carbocycles. The smallest absolute Gasteiger partial charge is 0.0697 e. The second kappa shape index (κ2) is 4.63. The molecule has 2 unspecified atom stereocenters. The Balaban J connectivity index is 1.50. The first-order valence-electron chi connectivity index (χ1n) is 6.84. The summed E-state index contributed by atoms with van der Waals surface area (Å²) in [5.74, 6) is 0. The Bertz CT molecular complexity index is 234. The molecule has 0 amide bonds. The SMILES string of the molecule is C1COCC(NC2CCOC3(CCC3)C2)C1. The van der Waals surface area contributed by atoms with E-state index in [2.05, 4.69) is 5.32 Å². The molecule has 3 rings (SSSR count). The molecule has 3 aliphatic rings. The van der Waals surface area contributed by atoms with Gasteiger partial charge in [-0.05, 0) is 44.9 Å². The zero-order valence-electron chi connectivity index (χ0n) is 10.0. The summed E-state index contributed by atoms with van der Waals surface area (Å²) < 4.78 is 11.5. The third-order valence-electron chi connectivity index (χ3n) is 4.39. The van der Waals surface area contributed by atoms with Crippen molar-refractivity contribution in [1.82, 2.24) is 5.32 Å². The summed E-state index contributed by atoms with van der Waals surface area (Å²) in [6.45, 7) is 2.81. The van der Waals surface area contributed by atoms with Gasteiger partial charge in [-0.1, -0.05) is 0 Å². The van der Waals surface area contributed by atoms with Crippen LogP contribution in [0.4, 0.5) is 0 Å². The first-order valence-corrected chi connectivity index (χ1v) is 6.84. The van der Waals surface area contributed by atoms with Gasteiger partial charge in [-0.2, -0.15) is 0 Å². The van der Waals surface area contributed by atoms with Crippen LogP contribution >= 0.6 is 0 Å². The van der Waals surface area contributed by atoms with Crippen molar-refractivity contribution in [1.29, 1.82) is 0 Å². The van der Waals surface area contributed by atoms with Gasteiger partial charge >= 0.3 is 0 Å². The molecule has 2 heterocycles. The summed E-state index contributed by atoms with van der Waals surface area (Å²) in [4.78, 5) is 0. The van der Waals surface area contributed by atoms with Crippen LogP contribution in [0.15, 0.2) is 0 Å². The van der Waals surface area contributed by atoms with Crippen LogP contribution in [-0.4, -0.2) is 37.5 Å². The average molecular weight is 225 g/mol. The molecule has 2 saturated heterocycles. The maximum atomic E-state index is 5.95. The van der Waals surface area contributed by atoms with Crippen molar-refractivity contribution in [3.8, 4) is 0 Å². The van der Waals surface area contributed by atoms with Gasteiger partial charge in [-0.3, -0.25) is 0 Å². The lowest BCUT2D eigenvalue weighted by Gasteiger charge is -2.48. The molecule has 2 atom stereocenters. The summed E-state index contributed by atoms with van der Waals surface area (Å²) in [7, 11) is 0. The Labute approximate surface area is 97.9 Å². The van der Waals surface area contributed by atoms with Crippen molar-refractivity contribution < 1.29 is 9.47 Å². The molecule has 2 aliphatic heterocycles. The average Bonchev–Trinajstić information content (AvgIpc) is 2.29. The summed E-state index contributed by atoms with van der Waals surface area (Å²) in [5, 5.41) is 3.78. The van der Waals surface area contributed by atoms with Crippen molar-refractivity contribution in [2.24, 2.45) is 0 Å². The van der Waals surface area contributed by atoms with Crippen molar-refractivity contribution >= 4 is 0 Å². The molecule has 0 radical (unpaired) electrons. The van der Waals surface area contributed by atoms with Crippen LogP contribution in [0.1, 0.15) is 44.9 Å². The minimum atomic E-state index is 0.269. The molecule has 0 aromatic rings. The van der Waals surface area contributed by atoms with Gasteiger partial charge in [0.2, 0.25) is 0 Å². The Morgan fingerprint density at radius 1 is 1.00 bits per heavy atom. The van der Waals surface area contributed by atoms with Crippen LogP contribution < -0.4 is 5.32 Å². The van der Waals surface area contributed by atoms with Gasteiger partial charge < -0.3 is 14.8 Å². The topological polar surface area (TPSA) is 30.5 Å². The van der Waals surface area contributed by atoms with Crippen molar-refractivity contribution in [2.75, 3.05) is 19.8 Å². The van der Waals surface area contributed by atoms with Crippen LogP contribution in [0.25, 0.3) is 0 Å². The second-order valence-electron chi connectivity index (χ2n) is 5.66. The van der Waals surface area contributed by atoms with Gasteiger partial charge in [0, 0.05) is 25.3 Å². The van der Waals surface area contributed by atoms with Crippen LogP contribution in [-0.2, 0) is 9.47 Å². The molecule has 3 fully saturated rings. The second-order valence-corrected chi connectivity index (χ2v) is 5.66. The monoisotopic (exact) mass is 225 g/mol. The van der Waals surface area contributed by atoms with E-state index in [1.54, 1.807) is 0 Å². The lowest BCUT2D eigenvalue weighted by molar-refractivity contribution is -0.137. The fraction of sp³-hybridized carbons (Fsp3) is 1.00. The molecule has 16 heavy (non-hydrogen) atoms. The van der Waals surface area contributed by atoms with E-state index in [4.69, 9.17) is 9.47 Å². The Kier molecular flexibility index (Phi) is 3.18. The Morgan fingerprint density at radius 3 is 2.62 bits per heavy atom. The van der Waals surface area contributed by atoms with E-state index in [0.717, 1.165) is 19.8 Å². The van der Waals surface area contributed by atoms with E-state index in [1.165, 1.54) is 44.9 Å². The van der Waals surface area contributed by atoms with Crippen molar-refractivity contribution in [3.63, 3.8) is 0 Å². The van der Waals surface area contributed by atoms with Gasteiger partial charge in [0.25, 0.3) is 0 Å². The predicted octanol–water partition coefficient (Wildman–Crippen LogP) is 1.86. The predicted molar refractivity (Wildman–Crippen MR) is 62.5 cm³/mol. The van der Waals surface area contributed by atoms with E-state index in [1.807, 2.05) is 0 Å². The van der Waals surface area contributed by atoms with Crippen molar-refractivity contribution in [3.05, 3.63) is 0 Å². The minimum absolute atomic E-state index is 0.269.